The van der Waals surface area contributed by atoms with E-state index in [0.29, 0.717) is 18.7 Å². The molecule has 0 spiro atoms. The van der Waals surface area contributed by atoms with Crippen molar-refractivity contribution in [2.24, 2.45) is 5.92 Å². The van der Waals surface area contributed by atoms with Crippen molar-refractivity contribution in [3.8, 4) is 5.75 Å². The van der Waals surface area contributed by atoms with Crippen molar-refractivity contribution < 1.29 is 23.5 Å². The van der Waals surface area contributed by atoms with Crippen molar-refractivity contribution in [3.63, 3.8) is 0 Å². The van der Waals surface area contributed by atoms with Gasteiger partial charge in [0.15, 0.2) is 0 Å². The second-order valence-corrected chi connectivity index (χ2v) is 6.66. The minimum atomic E-state index is -3.05. The monoisotopic (exact) mass is 344 g/mol. The molecule has 6 nitrogen and oxygen atoms in total. The number of benzene rings is 1. The van der Waals surface area contributed by atoms with Crippen molar-refractivity contribution >= 4 is 5.69 Å². The van der Waals surface area contributed by atoms with Crippen molar-refractivity contribution in [2.45, 2.75) is 45.4 Å². The normalized spacial score (nSPS) is 19.5. The Morgan fingerprint density at radius 1 is 1.50 bits per heavy atom. The Bertz CT molecular complexity index is 590. The first-order valence-electron chi connectivity index (χ1n) is 7.83. The molecule has 1 aromatic rings. The van der Waals surface area contributed by atoms with Crippen LogP contribution in [-0.2, 0) is 6.54 Å². The summed E-state index contributed by atoms with van der Waals surface area (Å²) in [6.45, 7) is 2.23. The molecule has 8 heteroatoms. The summed E-state index contributed by atoms with van der Waals surface area (Å²) in [6, 6.07) is 3.76. The van der Waals surface area contributed by atoms with Crippen LogP contribution in [0.5, 0.6) is 5.75 Å². The van der Waals surface area contributed by atoms with Gasteiger partial charge in [0, 0.05) is 24.7 Å². The van der Waals surface area contributed by atoms with Gasteiger partial charge in [0.05, 0.1) is 16.6 Å². The summed E-state index contributed by atoms with van der Waals surface area (Å²) < 4.78 is 29.6. The van der Waals surface area contributed by atoms with E-state index < -0.39 is 17.1 Å². The number of likely N-dealkylation sites (tertiary alicyclic amines) is 1. The number of nitro groups is 1. The second-order valence-electron chi connectivity index (χ2n) is 6.66. The smallest absolute Gasteiger partial charge is 0.387 e. The number of nitrogens with zero attached hydrogens (tertiary/aromatic N) is 2. The van der Waals surface area contributed by atoms with Gasteiger partial charge in [0.1, 0.15) is 5.75 Å². The third kappa shape index (κ3) is 4.85. The summed E-state index contributed by atoms with van der Waals surface area (Å²) in [4.78, 5) is 12.2. The summed E-state index contributed by atoms with van der Waals surface area (Å²) in [5, 5.41) is 21.0. The van der Waals surface area contributed by atoms with Crippen molar-refractivity contribution in [1.82, 2.24) is 4.90 Å². The lowest BCUT2D eigenvalue weighted by molar-refractivity contribution is -0.385. The van der Waals surface area contributed by atoms with Gasteiger partial charge in [-0.1, -0.05) is 0 Å². The number of aliphatic hydroxyl groups is 1. The third-order valence-electron chi connectivity index (χ3n) is 4.38. The maximum Gasteiger partial charge on any atom is 0.387 e. The predicted molar refractivity (Wildman–Crippen MR) is 84.0 cm³/mol. The molecule has 0 radical (unpaired) electrons. The summed E-state index contributed by atoms with van der Waals surface area (Å²) in [5.41, 5.74) is -0.629. The highest BCUT2D eigenvalue weighted by Gasteiger charge is 2.31. The molecular formula is C16H22F2N2O4. The van der Waals surface area contributed by atoms with E-state index in [0.717, 1.165) is 25.5 Å². The number of hydrogen-bond acceptors (Lipinski definition) is 5. The fourth-order valence-electron chi connectivity index (χ4n) is 3.01. The lowest BCUT2D eigenvalue weighted by atomic mass is 9.84. The first-order chi connectivity index (χ1) is 11.2. The molecule has 1 fully saturated rings. The van der Waals surface area contributed by atoms with E-state index in [1.54, 1.807) is 13.8 Å². The van der Waals surface area contributed by atoms with Crippen molar-refractivity contribution in [3.05, 3.63) is 33.9 Å². The molecule has 0 bridgehead atoms. The first kappa shape index (κ1) is 18.5. The minimum Gasteiger partial charge on any atom is -0.434 e. The van der Waals surface area contributed by atoms with Crippen LogP contribution in [0.3, 0.4) is 0 Å². The van der Waals surface area contributed by atoms with E-state index >= 15 is 0 Å². The number of ether oxygens (including phenoxy) is 1. The van der Waals surface area contributed by atoms with Gasteiger partial charge in [-0.3, -0.25) is 15.0 Å². The Morgan fingerprint density at radius 2 is 2.21 bits per heavy atom. The Morgan fingerprint density at radius 3 is 2.79 bits per heavy atom. The number of alkyl halides is 2. The van der Waals surface area contributed by atoms with Crippen molar-refractivity contribution in [2.75, 3.05) is 13.1 Å². The standard InChI is InChI=1S/C16H22F2N2O4/c1-16(2,21)12-4-3-7-19(10-12)9-11-5-6-13(20(22)23)8-14(11)24-15(17)18/h5-6,8,12,15,21H,3-4,7,9-10H2,1-2H3. The maximum absolute atomic E-state index is 12.6. The molecule has 1 aliphatic rings. The van der Waals surface area contributed by atoms with Gasteiger partial charge in [-0.05, 0) is 45.2 Å². The van der Waals surface area contributed by atoms with Crippen LogP contribution in [0.25, 0.3) is 0 Å². The topological polar surface area (TPSA) is 75.8 Å². The molecule has 134 valence electrons. The SMILES string of the molecule is CC(C)(O)C1CCCN(Cc2ccc([N+](=O)[O-])cc2OC(F)F)C1. The molecule has 1 heterocycles. The largest absolute Gasteiger partial charge is 0.434 e. The summed E-state index contributed by atoms with van der Waals surface area (Å²) >= 11 is 0. The maximum atomic E-state index is 12.6. The molecule has 1 aromatic carbocycles. The minimum absolute atomic E-state index is 0.0868. The van der Waals surface area contributed by atoms with E-state index in [2.05, 4.69) is 4.74 Å². The van der Waals surface area contributed by atoms with Gasteiger partial charge >= 0.3 is 6.61 Å². The molecule has 0 aliphatic carbocycles. The van der Waals surface area contributed by atoms with Gasteiger partial charge in [-0.25, -0.2) is 0 Å². The van der Waals surface area contributed by atoms with Gasteiger partial charge in [0.25, 0.3) is 5.69 Å². The highest BCUT2D eigenvalue weighted by molar-refractivity contribution is 5.44. The van der Waals surface area contributed by atoms with Crippen LogP contribution < -0.4 is 4.74 Å². The Kier molecular flexibility index (Phi) is 5.71. The van der Waals surface area contributed by atoms with E-state index in [4.69, 9.17) is 0 Å². The Balaban J connectivity index is 2.17. The van der Waals surface area contributed by atoms with Crippen LogP contribution in [0.1, 0.15) is 32.3 Å². The van der Waals surface area contributed by atoms with Crippen LogP contribution in [-0.4, -0.2) is 40.2 Å². The predicted octanol–water partition coefficient (Wildman–Crippen LogP) is 3.18. The molecule has 1 atom stereocenters. The number of hydrogen-bond donors (Lipinski definition) is 1. The zero-order chi connectivity index (χ0) is 17.9. The van der Waals surface area contributed by atoms with E-state index in [1.807, 2.05) is 4.90 Å². The molecule has 0 aromatic heterocycles. The lowest BCUT2D eigenvalue weighted by Crippen LogP contribution is -2.44. The molecule has 1 saturated heterocycles. The van der Waals surface area contributed by atoms with Crippen LogP contribution in [0.4, 0.5) is 14.5 Å². The van der Waals surface area contributed by atoms with Gasteiger partial charge in [-0.2, -0.15) is 8.78 Å². The number of rotatable bonds is 6. The average Bonchev–Trinajstić information content (AvgIpc) is 2.47. The van der Waals surface area contributed by atoms with Gasteiger partial charge in [-0.15, -0.1) is 0 Å². The molecule has 1 unspecified atom stereocenters. The molecule has 0 saturated carbocycles. The summed E-state index contributed by atoms with van der Waals surface area (Å²) in [7, 11) is 0. The quantitative estimate of drug-likeness (QED) is 0.634. The highest BCUT2D eigenvalue weighted by Crippen LogP contribution is 2.31. The zero-order valence-corrected chi connectivity index (χ0v) is 13.7. The second kappa shape index (κ2) is 7.40. The van der Waals surface area contributed by atoms with Crippen molar-refractivity contribution in [1.29, 1.82) is 0 Å². The molecule has 2 rings (SSSR count). The fourth-order valence-corrected chi connectivity index (χ4v) is 3.01. The van der Waals surface area contributed by atoms with E-state index in [-0.39, 0.29) is 17.4 Å². The van der Waals surface area contributed by atoms with Crippen LogP contribution in [0.15, 0.2) is 18.2 Å². The first-order valence-corrected chi connectivity index (χ1v) is 7.83. The lowest BCUT2D eigenvalue weighted by Gasteiger charge is -2.38. The fraction of sp³-hybridized carbons (Fsp3) is 0.625. The van der Waals surface area contributed by atoms with Gasteiger partial charge in [0.2, 0.25) is 0 Å². The number of piperidine rings is 1. The van der Waals surface area contributed by atoms with Crippen LogP contribution >= 0.6 is 0 Å². The molecule has 1 aliphatic heterocycles. The molecule has 0 amide bonds. The Hall–Kier alpha value is -1.80. The van der Waals surface area contributed by atoms with Gasteiger partial charge < -0.3 is 9.84 Å². The van der Waals surface area contributed by atoms with Crippen LogP contribution in [0.2, 0.25) is 0 Å². The van der Waals surface area contributed by atoms with E-state index in [9.17, 15) is 24.0 Å². The highest BCUT2D eigenvalue weighted by atomic mass is 19.3. The average molecular weight is 344 g/mol. The number of nitro benzene ring substituents is 1. The molecule has 24 heavy (non-hydrogen) atoms. The number of halogens is 2. The zero-order valence-electron chi connectivity index (χ0n) is 13.7. The van der Waals surface area contributed by atoms with Crippen LogP contribution in [0, 0.1) is 16.0 Å². The number of non-ortho nitro benzene ring substituents is 1. The molecular weight excluding hydrogens is 322 g/mol. The summed E-state index contributed by atoms with van der Waals surface area (Å²) in [6.07, 6.45) is 1.80. The summed E-state index contributed by atoms with van der Waals surface area (Å²) in [5.74, 6) is -0.0895. The Labute approximate surface area is 139 Å². The molecule has 1 N–H and O–H groups in total. The van der Waals surface area contributed by atoms with E-state index in [1.165, 1.54) is 12.1 Å². The third-order valence-corrected chi connectivity index (χ3v) is 4.38.